The van der Waals surface area contributed by atoms with Gasteiger partial charge in [0.1, 0.15) is 6.04 Å². The summed E-state index contributed by atoms with van der Waals surface area (Å²) in [6.07, 6.45) is 0.722. The number of benzene rings is 1. The minimum atomic E-state index is -0.453. The zero-order valence-electron chi connectivity index (χ0n) is 12.8. The van der Waals surface area contributed by atoms with E-state index in [9.17, 15) is 14.4 Å². The Kier molecular flexibility index (Phi) is 3.60. The van der Waals surface area contributed by atoms with E-state index >= 15 is 0 Å². The molecule has 2 aliphatic heterocycles. The van der Waals surface area contributed by atoms with Crippen molar-refractivity contribution in [2.45, 2.75) is 19.4 Å². The van der Waals surface area contributed by atoms with Crippen molar-refractivity contribution in [2.75, 3.05) is 26.7 Å². The molecule has 1 atom stereocenters. The van der Waals surface area contributed by atoms with Crippen LogP contribution in [0.2, 0.25) is 0 Å². The van der Waals surface area contributed by atoms with Crippen molar-refractivity contribution in [1.29, 1.82) is 0 Å². The molecule has 0 radical (unpaired) electrons. The molecule has 3 amide bonds. The molecule has 0 aliphatic carbocycles. The number of rotatable bonds is 1. The van der Waals surface area contributed by atoms with Crippen LogP contribution in [0.5, 0.6) is 0 Å². The van der Waals surface area contributed by atoms with Gasteiger partial charge >= 0.3 is 0 Å². The first kappa shape index (κ1) is 14.6. The van der Waals surface area contributed by atoms with E-state index in [0.29, 0.717) is 30.8 Å². The van der Waals surface area contributed by atoms with Crippen molar-refractivity contribution >= 4 is 17.7 Å². The Morgan fingerprint density at radius 1 is 1.27 bits per heavy atom. The molecule has 1 aromatic rings. The third kappa shape index (κ3) is 2.34. The normalized spacial score (nSPS) is 21.5. The second-order valence-electron chi connectivity index (χ2n) is 5.81. The molecule has 116 valence electrons. The molecule has 0 saturated carbocycles. The number of likely N-dealkylation sites (N-methyl/N-ethyl adjacent to an activating group) is 1. The Bertz CT molecular complexity index is 656. The largest absolute Gasteiger partial charge is 0.352 e. The predicted octanol–water partition coefficient (Wildman–Crippen LogP) is 0.275. The van der Waals surface area contributed by atoms with E-state index in [1.54, 1.807) is 42.0 Å². The highest BCUT2D eigenvalue weighted by molar-refractivity contribution is 6.01. The Morgan fingerprint density at radius 3 is 2.82 bits per heavy atom. The summed E-state index contributed by atoms with van der Waals surface area (Å²) in [6, 6.07) is 4.69. The summed E-state index contributed by atoms with van der Waals surface area (Å²) in [6.45, 7) is 3.41. The van der Waals surface area contributed by atoms with Crippen molar-refractivity contribution < 1.29 is 14.4 Å². The molecule has 1 unspecified atom stereocenters. The van der Waals surface area contributed by atoms with Gasteiger partial charge in [0.15, 0.2) is 0 Å². The predicted molar refractivity (Wildman–Crippen MR) is 80.6 cm³/mol. The summed E-state index contributed by atoms with van der Waals surface area (Å²) in [7, 11) is 1.75. The van der Waals surface area contributed by atoms with Gasteiger partial charge in [-0.25, -0.2) is 0 Å². The third-order valence-corrected chi connectivity index (χ3v) is 4.42. The van der Waals surface area contributed by atoms with Gasteiger partial charge < -0.3 is 15.1 Å². The average Bonchev–Trinajstić information content (AvgIpc) is 2.52. The number of hydrogen-bond acceptors (Lipinski definition) is 3. The topological polar surface area (TPSA) is 69.7 Å². The lowest BCUT2D eigenvalue weighted by Gasteiger charge is -2.37. The van der Waals surface area contributed by atoms with Crippen LogP contribution in [0.15, 0.2) is 18.2 Å². The van der Waals surface area contributed by atoms with E-state index in [1.807, 2.05) is 0 Å². The second kappa shape index (κ2) is 5.44. The fourth-order valence-corrected chi connectivity index (χ4v) is 3.02. The Hall–Kier alpha value is -2.37. The fraction of sp³-hybridized carbons (Fsp3) is 0.438. The van der Waals surface area contributed by atoms with Crippen LogP contribution in [0.3, 0.4) is 0 Å². The molecule has 6 nitrogen and oxygen atoms in total. The monoisotopic (exact) mass is 301 g/mol. The highest BCUT2D eigenvalue weighted by Gasteiger charge is 2.33. The van der Waals surface area contributed by atoms with Gasteiger partial charge in [-0.2, -0.15) is 0 Å². The highest BCUT2D eigenvalue weighted by Crippen LogP contribution is 2.19. The summed E-state index contributed by atoms with van der Waals surface area (Å²) < 4.78 is 0. The van der Waals surface area contributed by atoms with Gasteiger partial charge in [0, 0.05) is 37.8 Å². The molecular weight excluding hydrogens is 282 g/mol. The molecule has 22 heavy (non-hydrogen) atoms. The quantitative estimate of drug-likeness (QED) is 0.810. The maximum Gasteiger partial charge on any atom is 0.254 e. The van der Waals surface area contributed by atoms with Crippen LogP contribution in [0, 0.1) is 0 Å². The summed E-state index contributed by atoms with van der Waals surface area (Å²) in [4.78, 5) is 39.7. The molecule has 1 fully saturated rings. The standard InChI is InChI=1S/C16H19N3O3/c1-10-15(21)18(2)7-8-19(10)16(22)12-3-4-13-11(9-12)5-6-17-14(13)20/h3-4,9-10H,5-8H2,1-2H3,(H,17,20). The second-order valence-corrected chi connectivity index (χ2v) is 5.81. The van der Waals surface area contributed by atoms with Gasteiger partial charge in [-0.1, -0.05) is 0 Å². The zero-order valence-corrected chi connectivity index (χ0v) is 12.8. The number of fused-ring (bicyclic) bond motifs is 1. The zero-order chi connectivity index (χ0) is 15.9. The summed E-state index contributed by atoms with van der Waals surface area (Å²) in [5.41, 5.74) is 2.06. The Morgan fingerprint density at radius 2 is 2.05 bits per heavy atom. The Labute approximate surface area is 129 Å². The smallest absolute Gasteiger partial charge is 0.254 e. The highest BCUT2D eigenvalue weighted by atomic mass is 16.2. The first-order chi connectivity index (χ1) is 10.5. The summed E-state index contributed by atoms with van der Waals surface area (Å²) in [5, 5.41) is 2.78. The van der Waals surface area contributed by atoms with Gasteiger partial charge in [-0.05, 0) is 37.1 Å². The number of carbonyl (C=O) groups is 3. The molecule has 3 rings (SSSR count). The molecule has 1 N–H and O–H groups in total. The van der Waals surface area contributed by atoms with Crippen LogP contribution in [0.25, 0.3) is 0 Å². The van der Waals surface area contributed by atoms with Gasteiger partial charge in [0.25, 0.3) is 11.8 Å². The third-order valence-electron chi connectivity index (χ3n) is 4.42. The van der Waals surface area contributed by atoms with Crippen LogP contribution in [0.4, 0.5) is 0 Å². The minimum Gasteiger partial charge on any atom is -0.352 e. The van der Waals surface area contributed by atoms with Crippen LogP contribution in [-0.4, -0.2) is 60.2 Å². The van der Waals surface area contributed by atoms with Crippen molar-refractivity contribution in [3.05, 3.63) is 34.9 Å². The lowest BCUT2D eigenvalue weighted by atomic mass is 9.97. The molecule has 0 aromatic heterocycles. The number of nitrogens with one attached hydrogen (secondary N) is 1. The van der Waals surface area contributed by atoms with Crippen molar-refractivity contribution in [2.24, 2.45) is 0 Å². The maximum atomic E-state index is 12.7. The Balaban J connectivity index is 1.86. The molecule has 6 heteroatoms. The van der Waals surface area contributed by atoms with Gasteiger partial charge in [0.2, 0.25) is 5.91 Å². The molecule has 0 spiro atoms. The van der Waals surface area contributed by atoms with E-state index in [0.717, 1.165) is 12.0 Å². The van der Waals surface area contributed by atoms with Crippen molar-refractivity contribution in [3.63, 3.8) is 0 Å². The average molecular weight is 301 g/mol. The molecule has 0 bridgehead atoms. The number of amides is 3. The SMILES string of the molecule is CC1C(=O)N(C)CCN1C(=O)c1ccc2c(c1)CCNC2=O. The molecule has 2 aliphatic rings. The molecule has 1 aromatic carbocycles. The van der Waals surface area contributed by atoms with Crippen LogP contribution >= 0.6 is 0 Å². The molecule has 2 heterocycles. The van der Waals surface area contributed by atoms with Crippen LogP contribution < -0.4 is 5.32 Å². The minimum absolute atomic E-state index is 0.0445. The van der Waals surface area contributed by atoms with Crippen LogP contribution in [-0.2, 0) is 11.2 Å². The van der Waals surface area contributed by atoms with E-state index in [4.69, 9.17) is 0 Å². The number of carbonyl (C=O) groups excluding carboxylic acids is 3. The first-order valence-electron chi connectivity index (χ1n) is 7.46. The lowest BCUT2D eigenvalue weighted by Crippen LogP contribution is -2.56. The number of hydrogen-bond donors (Lipinski definition) is 1. The maximum absolute atomic E-state index is 12.7. The van der Waals surface area contributed by atoms with Crippen molar-refractivity contribution in [3.8, 4) is 0 Å². The van der Waals surface area contributed by atoms with E-state index in [1.165, 1.54) is 0 Å². The van der Waals surface area contributed by atoms with E-state index in [2.05, 4.69) is 5.32 Å². The number of nitrogens with zero attached hydrogens (tertiary/aromatic N) is 2. The van der Waals surface area contributed by atoms with Gasteiger partial charge in [-0.15, -0.1) is 0 Å². The van der Waals surface area contributed by atoms with Gasteiger partial charge in [0.05, 0.1) is 0 Å². The van der Waals surface area contributed by atoms with Crippen LogP contribution in [0.1, 0.15) is 33.2 Å². The summed E-state index contributed by atoms with van der Waals surface area (Å²) >= 11 is 0. The van der Waals surface area contributed by atoms with E-state index in [-0.39, 0.29) is 17.7 Å². The van der Waals surface area contributed by atoms with Crippen molar-refractivity contribution in [1.82, 2.24) is 15.1 Å². The van der Waals surface area contributed by atoms with E-state index < -0.39 is 6.04 Å². The lowest BCUT2D eigenvalue weighted by molar-refractivity contribution is -0.137. The fourth-order valence-electron chi connectivity index (χ4n) is 3.02. The molecular formula is C16H19N3O3. The number of piperazine rings is 1. The summed E-state index contributed by atoms with van der Waals surface area (Å²) in [5.74, 6) is -0.289. The van der Waals surface area contributed by atoms with Gasteiger partial charge in [-0.3, -0.25) is 14.4 Å². The molecule has 1 saturated heterocycles. The first-order valence-corrected chi connectivity index (χ1v) is 7.46.